The molecule has 0 saturated heterocycles. The van der Waals surface area contributed by atoms with Gasteiger partial charge in [-0.1, -0.05) is 46.5 Å². The van der Waals surface area contributed by atoms with Crippen LogP contribution >= 0.6 is 0 Å². The van der Waals surface area contributed by atoms with E-state index in [9.17, 15) is 0 Å². The molecule has 3 atom stereocenters. The highest BCUT2D eigenvalue weighted by Crippen LogP contribution is 2.29. The molecule has 0 radical (unpaired) electrons. The summed E-state index contributed by atoms with van der Waals surface area (Å²) in [6, 6.07) is 1.99. The van der Waals surface area contributed by atoms with Gasteiger partial charge in [-0.05, 0) is 39.3 Å². The molecule has 0 aliphatic heterocycles. The van der Waals surface area contributed by atoms with E-state index < -0.39 is 0 Å². The Balaban J connectivity index is 2.74. The van der Waals surface area contributed by atoms with Crippen LogP contribution < -0.4 is 5.32 Å². The van der Waals surface area contributed by atoms with Crippen LogP contribution in [0.15, 0.2) is 0 Å². The molecule has 1 aliphatic rings. The van der Waals surface area contributed by atoms with E-state index in [1.807, 2.05) is 0 Å². The van der Waals surface area contributed by atoms with Gasteiger partial charge >= 0.3 is 0 Å². The minimum Gasteiger partial charge on any atom is -0.315 e. The van der Waals surface area contributed by atoms with Crippen molar-refractivity contribution >= 4 is 0 Å². The second-order valence-corrected chi connectivity index (χ2v) is 7.16. The molecule has 1 fully saturated rings. The molecule has 0 amide bonds. The first kappa shape index (κ1) is 16.0. The highest BCUT2D eigenvalue weighted by molar-refractivity contribution is 4.89. The van der Waals surface area contributed by atoms with Crippen molar-refractivity contribution in [2.24, 2.45) is 5.41 Å². The highest BCUT2D eigenvalue weighted by Gasteiger charge is 2.32. The maximum Gasteiger partial charge on any atom is 0.0249 e. The summed E-state index contributed by atoms with van der Waals surface area (Å²) in [7, 11) is 4.46. The van der Waals surface area contributed by atoms with Gasteiger partial charge in [0.2, 0.25) is 0 Å². The molecule has 0 aromatic carbocycles. The molecule has 3 unspecified atom stereocenters. The smallest absolute Gasteiger partial charge is 0.0249 e. The normalized spacial score (nSPS) is 28.8. The summed E-state index contributed by atoms with van der Waals surface area (Å²) in [5.41, 5.74) is 0.357. The maximum absolute atomic E-state index is 3.57. The summed E-state index contributed by atoms with van der Waals surface area (Å²) in [4.78, 5) is 2.63. The van der Waals surface area contributed by atoms with Crippen LogP contribution in [0.3, 0.4) is 0 Å². The van der Waals surface area contributed by atoms with E-state index in [0.717, 1.165) is 0 Å². The number of hydrogen-bond donors (Lipinski definition) is 1. The predicted molar refractivity (Wildman–Crippen MR) is 81.0 cm³/mol. The first-order valence-electron chi connectivity index (χ1n) is 7.77. The van der Waals surface area contributed by atoms with Crippen LogP contribution in [-0.2, 0) is 0 Å². The fraction of sp³-hybridized carbons (Fsp3) is 1.00. The molecule has 1 rings (SSSR count). The summed E-state index contributed by atoms with van der Waals surface area (Å²) >= 11 is 0. The van der Waals surface area contributed by atoms with Gasteiger partial charge in [0.05, 0.1) is 0 Å². The van der Waals surface area contributed by atoms with Crippen LogP contribution in [0.4, 0.5) is 0 Å². The lowest BCUT2D eigenvalue weighted by Gasteiger charge is -2.44. The standard InChI is InChI=1S/C16H34N2/c1-13(16(2,3)4)18(6)15-12-10-8-7-9-11-14(15)17-5/h13-15,17H,7-12H2,1-6H3. The minimum atomic E-state index is 0.357. The topological polar surface area (TPSA) is 15.3 Å². The van der Waals surface area contributed by atoms with E-state index in [1.165, 1.54) is 38.5 Å². The summed E-state index contributed by atoms with van der Waals surface area (Å²) in [6.07, 6.45) is 8.31. The average molecular weight is 254 g/mol. The molecule has 18 heavy (non-hydrogen) atoms. The van der Waals surface area contributed by atoms with Crippen LogP contribution in [0.1, 0.15) is 66.2 Å². The number of nitrogens with zero attached hydrogens (tertiary/aromatic N) is 1. The Morgan fingerprint density at radius 2 is 1.61 bits per heavy atom. The predicted octanol–water partition coefficient (Wildman–Crippen LogP) is 3.66. The molecular weight excluding hydrogens is 220 g/mol. The fourth-order valence-corrected chi connectivity index (χ4v) is 3.19. The Kier molecular flexibility index (Phi) is 6.13. The van der Waals surface area contributed by atoms with Crippen molar-refractivity contribution in [1.29, 1.82) is 0 Å². The van der Waals surface area contributed by atoms with Crippen molar-refractivity contribution in [3.8, 4) is 0 Å². The van der Waals surface area contributed by atoms with Gasteiger partial charge in [-0.25, -0.2) is 0 Å². The summed E-state index contributed by atoms with van der Waals surface area (Å²) in [6.45, 7) is 9.44. The summed E-state index contributed by atoms with van der Waals surface area (Å²) in [5, 5.41) is 3.57. The first-order valence-corrected chi connectivity index (χ1v) is 7.77. The first-order chi connectivity index (χ1) is 8.38. The van der Waals surface area contributed by atoms with Crippen LogP contribution in [0.25, 0.3) is 0 Å². The van der Waals surface area contributed by atoms with E-state index in [2.05, 4.69) is 52.0 Å². The second-order valence-electron chi connectivity index (χ2n) is 7.16. The van der Waals surface area contributed by atoms with E-state index in [4.69, 9.17) is 0 Å². The Morgan fingerprint density at radius 3 is 2.11 bits per heavy atom. The molecule has 1 aliphatic carbocycles. The van der Waals surface area contributed by atoms with Gasteiger partial charge in [-0.2, -0.15) is 0 Å². The van der Waals surface area contributed by atoms with E-state index >= 15 is 0 Å². The van der Waals surface area contributed by atoms with E-state index in [-0.39, 0.29) is 0 Å². The lowest BCUT2D eigenvalue weighted by Crippen LogP contribution is -2.53. The monoisotopic (exact) mass is 254 g/mol. The fourth-order valence-electron chi connectivity index (χ4n) is 3.19. The number of likely N-dealkylation sites (N-methyl/N-ethyl adjacent to an activating group) is 2. The molecule has 0 aromatic rings. The molecular formula is C16H34N2. The number of nitrogens with one attached hydrogen (secondary N) is 1. The molecule has 2 nitrogen and oxygen atoms in total. The van der Waals surface area contributed by atoms with Gasteiger partial charge in [0, 0.05) is 18.1 Å². The number of hydrogen-bond acceptors (Lipinski definition) is 2. The summed E-state index contributed by atoms with van der Waals surface area (Å²) in [5.74, 6) is 0. The van der Waals surface area contributed by atoms with Crippen molar-refractivity contribution in [3.63, 3.8) is 0 Å². The van der Waals surface area contributed by atoms with E-state index in [1.54, 1.807) is 0 Å². The van der Waals surface area contributed by atoms with Crippen LogP contribution in [-0.4, -0.2) is 37.1 Å². The van der Waals surface area contributed by atoms with Gasteiger partial charge in [-0.15, -0.1) is 0 Å². The van der Waals surface area contributed by atoms with Gasteiger partial charge in [-0.3, -0.25) is 4.90 Å². The molecule has 1 N–H and O–H groups in total. The molecule has 0 heterocycles. The summed E-state index contributed by atoms with van der Waals surface area (Å²) < 4.78 is 0. The SMILES string of the molecule is CNC1CCCCCCC1N(C)C(C)C(C)(C)C. The second kappa shape index (κ2) is 6.91. The molecule has 0 bridgehead atoms. The molecule has 2 heteroatoms. The Hall–Kier alpha value is -0.0800. The maximum atomic E-state index is 3.57. The zero-order valence-corrected chi connectivity index (χ0v) is 13.4. The Bertz CT molecular complexity index is 232. The van der Waals surface area contributed by atoms with Gasteiger partial charge in [0.1, 0.15) is 0 Å². The van der Waals surface area contributed by atoms with E-state index in [0.29, 0.717) is 23.5 Å². The lowest BCUT2D eigenvalue weighted by atomic mass is 9.84. The number of rotatable bonds is 3. The quantitative estimate of drug-likeness (QED) is 0.827. The van der Waals surface area contributed by atoms with Crippen molar-refractivity contribution < 1.29 is 0 Å². The lowest BCUT2D eigenvalue weighted by molar-refractivity contribution is 0.0674. The zero-order valence-electron chi connectivity index (χ0n) is 13.4. The van der Waals surface area contributed by atoms with Gasteiger partial charge < -0.3 is 5.32 Å². The van der Waals surface area contributed by atoms with Crippen molar-refractivity contribution in [2.45, 2.75) is 84.3 Å². The van der Waals surface area contributed by atoms with Gasteiger partial charge in [0.25, 0.3) is 0 Å². The van der Waals surface area contributed by atoms with Crippen LogP contribution in [0.2, 0.25) is 0 Å². The third kappa shape index (κ3) is 4.24. The third-order valence-electron chi connectivity index (χ3n) is 4.99. The third-order valence-corrected chi connectivity index (χ3v) is 4.99. The van der Waals surface area contributed by atoms with Crippen molar-refractivity contribution in [1.82, 2.24) is 10.2 Å². The minimum absolute atomic E-state index is 0.357. The van der Waals surface area contributed by atoms with Crippen molar-refractivity contribution in [2.75, 3.05) is 14.1 Å². The van der Waals surface area contributed by atoms with Crippen molar-refractivity contribution in [3.05, 3.63) is 0 Å². The van der Waals surface area contributed by atoms with Gasteiger partial charge in [0.15, 0.2) is 0 Å². The van der Waals surface area contributed by atoms with Crippen LogP contribution in [0.5, 0.6) is 0 Å². The molecule has 1 saturated carbocycles. The Morgan fingerprint density at radius 1 is 1.06 bits per heavy atom. The van der Waals surface area contributed by atoms with Crippen LogP contribution in [0, 0.1) is 5.41 Å². The largest absolute Gasteiger partial charge is 0.315 e. The average Bonchev–Trinajstić information content (AvgIpc) is 2.26. The highest BCUT2D eigenvalue weighted by atomic mass is 15.2. The molecule has 0 spiro atoms. The Labute approximate surface area is 115 Å². The molecule has 108 valence electrons. The molecule has 0 aromatic heterocycles. The zero-order chi connectivity index (χ0) is 13.8.